The number of nitrogens with zero attached hydrogens (tertiary/aromatic N) is 2. The lowest BCUT2D eigenvalue weighted by Crippen LogP contribution is -2.54. The van der Waals surface area contributed by atoms with Gasteiger partial charge in [0.1, 0.15) is 0 Å². The normalized spacial score (nSPS) is 20.8. The fourth-order valence-corrected chi connectivity index (χ4v) is 4.44. The second-order valence-corrected chi connectivity index (χ2v) is 8.43. The summed E-state index contributed by atoms with van der Waals surface area (Å²) in [6.07, 6.45) is 5.87. The van der Waals surface area contributed by atoms with E-state index in [4.69, 9.17) is 14.5 Å². The van der Waals surface area contributed by atoms with Crippen molar-refractivity contribution in [2.24, 2.45) is 4.99 Å². The molecule has 0 spiro atoms. The topological polar surface area (TPSA) is 58.1 Å². The third-order valence-corrected chi connectivity index (χ3v) is 6.33. The molecular formula is C24H40N4O2. The molecule has 6 nitrogen and oxygen atoms in total. The van der Waals surface area contributed by atoms with E-state index >= 15 is 0 Å². The minimum atomic E-state index is 0.127. The molecule has 0 amide bonds. The maximum Gasteiger partial charge on any atom is 0.191 e. The summed E-state index contributed by atoms with van der Waals surface area (Å²) in [5.41, 5.74) is 1.40. The Morgan fingerprint density at radius 2 is 1.90 bits per heavy atom. The second kappa shape index (κ2) is 12.3. The van der Waals surface area contributed by atoms with Gasteiger partial charge in [-0.1, -0.05) is 30.3 Å². The zero-order valence-corrected chi connectivity index (χ0v) is 18.9. The van der Waals surface area contributed by atoms with E-state index in [-0.39, 0.29) is 11.6 Å². The van der Waals surface area contributed by atoms with Crippen LogP contribution in [0.25, 0.3) is 0 Å². The third-order valence-electron chi connectivity index (χ3n) is 6.33. The molecule has 0 bridgehead atoms. The summed E-state index contributed by atoms with van der Waals surface area (Å²) in [6, 6.07) is 10.4. The van der Waals surface area contributed by atoms with E-state index in [0.29, 0.717) is 0 Å². The van der Waals surface area contributed by atoms with E-state index in [2.05, 4.69) is 53.6 Å². The predicted molar refractivity (Wildman–Crippen MR) is 123 cm³/mol. The highest BCUT2D eigenvalue weighted by Crippen LogP contribution is 2.31. The van der Waals surface area contributed by atoms with Gasteiger partial charge in [0, 0.05) is 38.4 Å². The van der Waals surface area contributed by atoms with Crippen molar-refractivity contribution in [1.29, 1.82) is 0 Å². The zero-order valence-electron chi connectivity index (χ0n) is 18.9. The number of likely N-dealkylation sites (tertiary alicyclic amines) is 1. The Labute approximate surface area is 182 Å². The molecule has 30 heavy (non-hydrogen) atoms. The van der Waals surface area contributed by atoms with Crippen LogP contribution in [0.5, 0.6) is 0 Å². The van der Waals surface area contributed by atoms with Crippen LogP contribution in [-0.4, -0.2) is 68.9 Å². The van der Waals surface area contributed by atoms with Crippen LogP contribution in [0.2, 0.25) is 0 Å². The van der Waals surface area contributed by atoms with Gasteiger partial charge in [0.15, 0.2) is 5.96 Å². The Bertz CT molecular complexity index is 625. The third kappa shape index (κ3) is 6.69. The summed E-state index contributed by atoms with van der Waals surface area (Å²) in [4.78, 5) is 7.66. The fraction of sp³-hybridized carbons (Fsp3) is 0.708. The monoisotopic (exact) mass is 416 g/mol. The molecule has 0 aromatic heterocycles. The standard InChI is InChI=1S/C24H40N4O2/c1-3-25-23(26-14-9-17-30-21(2)22-10-5-4-6-11-22)27-20-24(12-18-29-19-13-24)28-15-7-8-16-28/h4-6,10-11,21H,3,7-9,12-20H2,1-2H3,(H2,25,26,27). The van der Waals surface area contributed by atoms with Gasteiger partial charge in [-0.15, -0.1) is 0 Å². The lowest BCUT2D eigenvalue weighted by Gasteiger charge is -2.43. The molecule has 2 aliphatic rings. The van der Waals surface area contributed by atoms with Crippen LogP contribution in [0.4, 0.5) is 0 Å². The Kier molecular flexibility index (Phi) is 9.43. The average Bonchev–Trinajstić information content (AvgIpc) is 3.34. The molecular weight excluding hydrogens is 376 g/mol. The van der Waals surface area contributed by atoms with Crippen molar-refractivity contribution in [3.63, 3.8) is 0 Å². The second-order valence-electron chi connectivity index (χ2n) is 8.43. The van der Waals surface area contributed by atoms with Gasteiger partial charge in [-0.3, -0.25) is 9.89 Å². The quantitative estimate of drug-likeness (QED) is 0.348. The molecule has 6 heteroatoms. The van der Waals surface area contributed by atoms with E-state index in [1.165, 1.54) is 31.5 Å². The van der Waals surface area contributed by atoms with E-state index in [0.717, 1.165) is 64.7 Å². The van der Waals surface area contributed by atoms with Crippen molar-refractivity contribution in [1.82, 2.24) is 15.5 Å². The summed E-state index contributed by atoms with van der Waals surface area (Å²) >= 11 is 0. The molecule has 1 aromatic rings. The first-order chi connectivity index (χ1) is 14.7. The molecule has 168 valence electrons. The van der Waals surface area contributed by atoms with Gasteiger partial charge >= 0.3 is 0 Å². The van der Waals surface area contributed by atoms with E-state index in [9.17, 15) is 0 Å². The van der Waals surface area contributed by atoms with Gasteiger partial charge in [0.05, 0.1) is 12.6 Å². The highest BCUT2D eigenvalue weighted by atomic mass is 16.5. The summed E-state index contributed by atoms with van der Waals surface area (Å²) in [7, 11) is 0. The van der Waals surface area contributed by atoms with Gasteiger partial charge in [0.25, 0.3) is 0 Å². The maximum absolute atomic E-state index is 5.99. The average molecular weight is 417 g/mol. The van der Waals surface area contributed by atoms with Crippen LogP contribution in [0.15, 0.2) is 35.3 Å². The number of guanidine groups is 1. The molecule has 2 N–H and O–H groups in total. The van der Waals surface area contributed by atoms with E-state index in [1.807, 2.05) is 6.07 Å². The molecule has 2 fully saturated rings. The largest absolute Gasteiger partial charge is 0.381 e. The van der Waals surface area contributed by atoms with Crippen LogP contribution in [0.1, 0.15) is 57.6 Å². The Morgan fingerprint density at radius 3 is 2.60 bits per heavy atom. The van der Waals surface area contributed by atoms with Crippen molar-refractivity contribution in [3.05, 3.63) is 35.9 Å². The highest BCUT2D eigenvalue weighted by Gasteiger charge is 2.39. The number of ether oxygens (including phenoxy) is 2. The molecule has 3 rings (SSSR count). The molecule has 0 saturated carbocycles. The van der Waals surface area contributed by atoms with Crippen LogP contribution < -0.4 is 10.6 Å². The van der Waals surface area contributed by atoms with Crippen molar-refractivity contribution < 1.29 is 9.47 Å². The van der Waals surface area contributed by atoms with Gasteiger partial charge in [-0.25, -0.2) is 0 Å². The maximum atomic E-state index is 5.99. The Morgan fingerprint density at radius 1 is 1.17 bits per heavy atom. The van der Waals surface area contributed by atoms with Crippen LogP contribution in [0.3, 0.4) is 0 Å². The SMILES string of the molecule is CCNC(=NCC1(N2CCCC2)CCOCC1)NCCCOC(C)c1ccccc1. The van der Waals surface area contributed by atoms with Crippen molar-refractivity contribution in [3.8, 4) is 0 Å². The summed E-state index contributed by atoms with van der Waals surface area (Å²) < 4.78 is 11.6. The Hall–Kier alpha value is -1.63. The number of benzene rings is 1. The summed E-state index contributed by atoms with van der Waals surface area (Å²) in [6.45, 7) is 11.6. The molecule has 1 unspecified atom stereocenters. The van der Waals surface area contributed by atoms with Gasteiger partial charge < -0.3 is 20.1 Å². The minimum absolute atomic E-state index is 0.127. The highest BCUT2D eigenvalue weighted by molar-refractivity contribution is 5.79. The van der Waals surface area contributed by atoms with Crippen molar-refractivity contribution in [2.75, 3.05) is 52.5 Å². The van der Waals surface area contributed by atoms with E-state index < -0.39 is 0 Å². The Balaban J connectivity index is 1.45. The molecule has 0 aliphatic carbocycles. The number of rotatable bonds is 10. The number of hydrogen-bond acceptors (Lipinski definition) is 4. The first-order valence-electron chi connectivity index (χ1n) is 11.7. The molecule has 2 saturated heterocycles. The van der Waals surface area contributed by atoms with Crippen molar-refractivity contribution in [2.45, 2.75) is 57.6 Å². The molecule has 1 atom stereocenters. The predicted octanol–water partition coefficient (Wildman–Crippen LogP) is 3.35. The molecule has 2 heterocycles. The van der Waals surface area contributed by atoms with Gasteiger partial charge in [0.2, 0.25) is 0 Å². The summed E-state index contributed by atoms with van der Waals surface area (Å²) in [5, 5.41) is 6.89. The minimum Gasteiger partial charge on any atom is -0.381 e. The molecule has 1 aromatic carbocycles. The fourth-order valence-electron chi connectivity index (χ4n) is 4.44. The van der Waals surface area contributed by atoms with Crippen LogP contribution >= 0.6 is 0 Å². The smallest absolute Gasteiger partial charge is 0.191 e. The van der Waals surface area contributed by atoms with Crippen LogP contribution in [-0.2, 0) is 9.47 Å². The summed E-state index contributed by atoms with van der Waals surface area (Å²) in [5.74, 6) is 0.915. The number of aliphatic imine (C=N–C) groups is 1. The molecule has 2 aliphatic heterocycles. The lowest BCUT2D eigenvalue weighted by atomic mass is 9.88. The number of nitrogens with one attached hydrogen (secondary N) is 2. The van der Waals surface area contributed by atoms with Crippen molar-refractivity contribution >= 4 is 5.96 Å². The lowest BCUT2D eigenvalue weighted by molar-refractivity contribution is -0.0139. The molecule has 0 radical (unpaired) electrons. The first kappa shape index (κ1) is 23.0. The van der Waals surface area contributed by atoms with Crippen LogP contribution in [0, 0.1) is 0 Å². The van der Waals surface area contributed by atoms with Gasteiger partial charge in [-0.05, 0) is 64.6 Å². The van der Waals surface area contributed by atoms with E-state index in [1.54, 1.807) is 0 Å². The zero-order chi connectivity index (χ0) is 21.1. The first-order valence-corrected chi connectivity index (χ1v) is 11.7. The van der Waals surface area contributed by atoms with Gasteiger partial charge in [-0.2, -0.15) is 0 Å². The number of hydrogen-bond donors (Lipinski definition) is 2.